The lowest BCUT2D eigenvalue weighted by atomic mass is 9.91. The van der Waals surface area contributed by atoms with E-state index in [0.29, 0.717) is 5.92 Å². The molecule has 0 N–H and O–H groups in total. The van der Waals surface area contributed by atoms with Gasteiger partial charge in [-0.25, -0.2) is 0 Å². The first-order valence-corrected chi connectivity index (χ1v) is 10.2. The van der Waals surface area contributed by atoms with Crippen LogP contribution in [0.25, 0.3) is 43.9 Å². The molecular formula is C28H23N. The molecule has 5 rings (SSSR count). The van der Waals surface area contributed by atoms with Gasteiger partial charge in [0.15, 0.2) is 0 Å². The summed E-state index contributed by atoms with van der Waals surface area (Å²) in [5.74, 6) is 0.487. The standard InChI is InChI=1S/C28H23N/c1-19(2)21-14-15-29-28(18-21)23-12-13-25-24-11-7-6-10-22(24)16-26(27(25)17-23)20-8-4-3-5-9-20/h3-19H,1-2H3. The summed E-state index contributed by atoms with van der Waals surface area (Å²) in [4.78, 5) is 4.66. The van der Waals surface area contributed by atoms with Crippen LogP contribution in [-0.4, -0.2) is 4.98 Å². The third-order valence-corrected chi connectivity index (χ3v) is 5.69. The summed E-state index contributed by atoms with van der Waals surface area (Å²) < 4.78 is 0. The van der Waals surface area contributed by atoms with E-state index in [9.17, 15) is 0 Å². The third kappa shape index (κ3) is 3.19. The molecule has 140 valence electrons. The van der Waals surface area contributed by atoms with E-state index < -0.39 is 0 Å². The van der Waals surface area contributed by atoms with E-state index in [0.717, 1.165) is 11.3 Å². The summed E-state index contributed by atoms with van der Waals surface area (Å²) in [5, 5.41) is 5.11. The van der Waals surface area contributed by atoms with Crippen LogP contribution in [0.5, 0.6) is 0 Å². The number of hydrogen-bond acceptors (Lipinski definition) is 1. The van der Waals surface area contributed by atoms with Crippen LogP contribution in [0.4, 0.5) is 0 Å². The molecule has 0 aliphatic heterocycles. The molecule has 1 aromatic heterocycles. The zero-order chi connectivity index (χ0) is 19.8. The molecule has 0 saturated heterocycles. The summed E-state index contributed by atoms with van der Waals surface area (Å²) in [5.41, 5.74) is 6.01. The Morgan fingerprint density at radius 2 is 1.41 bits per heavy atom. The quantitative estimate of drug-likeness (QED) is 0.293. The summed E-state index contributed by atoms with van der Waals surface area (Å²) >= 11 is 0. The summed E-state index contributed by atoms with van der Waals surface area (Å²) in [6.45, 7) is 4.44. The number of rotatable bonds is 3. The van der Waals surface area contributed by atoms with Crippen molar-refractivity contribution >= 4 is 21.5 Å². The van der Waals surface area contributed by atoms with E-state index in [1.165, 1.54) is 38.2 Å². The number of nitrogens with zero attached hydrogens (tertiary/aromatic N) is 1. The van der Waals surface area contributed by atoms with Crippen LogP contribution in [-0.2, 0) is 0 Å². The first-order chi connectivity index (χ1) is 14.2. The maximum Gasteiger partial charge on any atom is 0.0705 e. The highest BCUT2D eigenvalue weighted by Gasteiger charge is 2.11. The van der Waals surface area contributed by atoms with Gasteiger partial charge in [-0.1, -0.05) is 80.6 Å². The van der Waals surface area contributed by atoms with Crippen LogP contribution < -0.4 is 0 Å². The van der Waals surface area contributed by atoms with Gasteiger partial charge in [0.2, 0.25) is 0 Å². The topological polar surface area (TPSA) is 12.9 Å². The zero-order valence-electron chi connectivity index (χ0n) is 16.8. The SMILES string of the molecule is CC(C)c1ccnc(-c2ccc3c(c2)c(-c2ccccc2)cc2ccccc23)c1. The number of fused-ring (bicyclic) bond motifs is 3. The molecule has 0 radical (unpaired) electrons. The maximum absolute atomic E-state index is 4.66. The molecule has 0 amide bonds. The maximum atomic E-state index is 4.66. The Hall–Kier alpha value is -3.45. The Morgan fingerprint density at radius 3 is 2.24 bits per heavy atom. The van der Waals surface area contributed by atoms with Crippen LogP contribution in [0.1, 0.15) is 25.3 Å². The lowest BCUT2D eigenvalue weighted by Crippen LogP contribution is -1.91. The molecule has 0 aliphatic carbocycles. The Balaban J connectivity index is 1.80. The van der Waals surface area contributed by atoms with Crippen LogP contribution in [0.3, 0.4) is 0 Å². The van der Waals surface area contributed by atoms with E-state index in [-0.39, 0.29) is 0 Å². The molecule has 0 aliphatic rings. The highest BCUT2D eigenvalue weighted by Crippen LogP contribution is 2.37. The van der Waals surface area contributed by atoms with Gasteiger partial charge >= 0.3 is 0 Å². The lowest BCUT2D eigenvalue weighted by molar-refractivity contribution is 0.864. The highest BCUT2D eigenvalue weighted by molar-refractivity contribution is 6.14. The smallest absolute Gasteiger partial charge is 0.0705 e. The van der Waals surface area contributed by atoms with Crippen molar-refractivity contribution in [2.24, 2.45) is 0 Å². The fourth-order valence-electron chi connectivity index (χ4n) is 4.08. The van der Waals surface area contributed by atoms with Gasteiger partial charge in [0.05, 0.1) is 5.69 Å². The Labute approximate surface area is 171 Å². The van der Waals surface area contributed by atoms with Crippen molar-refractivity contribution in [1.82, 2.24) is 4.98 Å². The number of aromatic nitrogens is 1. The molecule has 0 unspecified atom stereocenters. The molecule has 1 heteroatoms. The fourth-order valence-corrected chi connectivity index (χ4v) is 4.08. The molecular weight excluding hydrogens is 350 g/mol. The average molecular weight is 373 g/mol. The predicted octanol–water partition coefficient (Wildman–Crippen LogP) is 7.85. The summed E-state index contributed by atoms with van der Waals surface area (Å²) in [6.07, 6.45) is 1.92. The predicted molar refractivity (Wildman–Crippen MR) is 124 cm³/mol. The zero-order valence-corrected chi connectivity index (χ0v) is 16.8. The second-order valence-electron chi connectivity index (χ2n) is 7.90. The minimum Gasteiger partial charge on any atom is -0.256 e. The molecule has 0 spiro atoms. The van der Waals surface area contributed by atoms with E-state index >= 15 is 0 Å². The van der Waals surface area contributed by atoms with Crippen LogP contribution >= 0.6 is 0 Å². The van der Waals surface area contributed by atoms with Gasteiger partial charge in [0.25, 0.3) is 0 Å². The molecule has 0 bridgehead atoms. The van der Waals surface area contributed by atoms with Gasteiger partial charge in [-0.15, -0.1) is 0 Å². The molecule has 0 fully saturated rings. The minimum absolute atomic E-state index is 0.487. The van der Waals surface area contributed by atoms with Gasteiger partial charge in [0, 0.05) is 11.8 Å². The van der Waals surface area contributed by atoms with Crippen LogP contribution in [0.15, 0.2) is 97.2 Å². The normalized spacial score (nSPS) is 11.4. The van der Waals surface area contributed by atoms with Crippen LogP contribution in [0, 0.1) is 0 Å². The van der Waals surface area contributed by atoms with Crippen molar-refractivity contribution < 1.29 is 0 Å². The van der Waals surface area contributed by atoms with Gasteiger partial charge in [0.1, 0.15) is 0 Å². The molecule has 5 aromatic rings. The fraction of sp³-hybridized carbons (Fsp3) is 0.107. The largest absolute Gasteiger partial charge is 0.256 e. The van der Waals surface area contributed by atoms with Crippen molar-refractivity contribution in [2.75, 3.05) is 0 Å². The van der Waals surface area contributed by atoms with Crippen molar-refractivity contribution in [2.45, 2.75) is 19.8 Å². The summed E-state index contributed by atoms with van der Waals surface area (Å²) in [7, 11) is 0. The second kappa shape index (κ2) is 7.18. The van der Waals surface area contributed by atoms with Crippen LogP contribution in [0.2, 0.25) is 0 Å². The first-order valence-electron chi connectivity index (χ1n) is 10.2. The van der Waals surface area contributed by atoms with Gasteiger partial charge < -0.3 is 0 Å². The molecule has 1 heterocycles. The van der Waals surface area contributed by atoms with Crippen molar-refractivity contribution in [3.05, 3.63) is 103 Å². The lowest BCUT2D eigenvalue weighted by Gasteiger charge is -2.13. The van der Waals surface area contributed by atoms with E-state index in [1.54, 1.807) is 0 Å². The van der Waals surface area contributed by atoms with Crippen molar-refractivity contribution in [3.63, 3.8) is 0 Å². The third-order valence-electron chi connectivity index (χ3n) is 5.69. The van der Waals surface area contributed by atoms with Crippen molar-refractivity contribution in [1.29, 1.82) is 0 Å². The Bertz CT molecular complexity index is 1320. The Kier molecular flexibility index (Phi) is 4.37. The minimum atomic E-state index is 0.487. The Morgan fingerprint density at radius 1 is 0.621 bits per heavy atom. The highest BCUT2D eigenvalue weighted by atomic mass is 14.7. The number of hydrogen-bond donors (Lipinski definition) is 0. The van der Waals surface area contributed by atoms with Gasteiger partial charge in [-0.05, 0) is 68.4 Å². The molecule has 4 aromatic carbocycles. The molecule has 1 nitrogen and oxygen atoms in total. The first kappa shape index (κ1) is 17.6. The van der Waals surface area contributed by atoms with E-state index in [2.05, 4.69) is 110 Å². The molecule has 29 heavy (non-hydrogen) atoms. The van der Waals surface area contributed by atoms with Gasteiger partial charge in [-0.2, -0.15) is 0 Å². The monoisotopic (exact) mass is 373 g/mol. The molecule has 0 atom stereocenters. The average Bonchev–Trinajstić information content (AvgIpc) is 2.79. The summed E-state index contributed by atoms with van der Waals surface area (Å²) in [6, 6.07) is 32.7. The van der Waals surface area contributed by atoms with Gasteiger partial charge in [-0.3, -0.25) is 4.98 Å². The molecule has 0 saturated carbocycles. The van der Waals surface area contributed by atoms with E-state index in [1.807, 2.05) is 6.20 Å². The number of pyridine rings is 1. The second-order valence-corrected chi connectivity index (χ2v) is 7.90. The van der Waals surface area contributed by atoms with E-state index in [4.69, 9.17) is 0 Å². The van der Waals surface area contributed by atoms with Crippen molar-refractivity contribution in [3.8, 4) is 22.4 Å². The number of benzene rings is 4.